The third-order valence-electron chi connectivity index (χ3n) is 5.33. The molecule has 0 bridgehead atoms. The van der Waals surface area contributed by atoms with E-state index in [-0.39, 0.29) is 5.41 Å². The summed E-state index contributed by atoms with van der Waals surface area (Å²) in [6.07, 6.45) is 1.95. The van der Waals surface area contributed by atoms with Crippen LogP contribution in [0.3, 0.4) is 0 Å². The Morgan fingerprint density at radius 2 is 1.74 bits per heavy atom. The maximum atomic E-state index is 4.76. The Hall–Kier alpha value is -2.15. The molecule has 0 N–H and O–H groups in total. The molecule has 1 aliphatic carbocycles. The van der Waals surface area contributed by atoms with Crippen molar-refractivity contribution in [1.82, 2.24) is 4.98 Å². The summed E-state index contributed by atoms with van der Waals surface area (Å²) in [6, 6.07) is 13.7. The fraction of sp³-hybridized carbons (Fsp3) is 0.318. The highest BCUT2D eigenvalue weighted by Crippen LogP contribution is 2.48. The number of pyridine rings is 1. The molecule has 116 valence electrons. The average Bonchev–Trinajstić information content (AvgIpc) is 2.51. The van der Waals surface area contributed by atoms with E-state index in [1.807, 2.05) is 6.20 Å². The predicted octanol–water partition coefficient (Wildman–Crippen LogP) is 5.97. The van der Waals surface area contributed by atoms with Crippen molar-refractivity contribution in [1.29, 1.82) is 0 Å². The SMILES string of the molecule is Cc1ccc2c(c1)-c1nccc3cc(C(C)C)cc(c13)C2(C)C. The molecule has 1 heterocycles. The summed E-state index contributed by atoms with van der Waals surface area (Å²) in [5, 5.41) is 2.65. The molecule has 2 aromatic carbocycles. The zero-order valence-electron chi connectivity index (χ0n) is 14.6. The topological polar surface area (TPSA) is 12.9 Å². The molecule has 0 atom stereocenters. The fourth-order valence-electron chi connectivity index (χ4n) is 3.91. The van der Waals surface area contributed by atoms with Crippen molar-refractivity contribution in [3.05, 3.63) is 64.8 Å². The average molecular weight is 301 g/mol. The molecule has 23 heavy (non-hydrogen) atoms. The van der Waals surface area contributed by atoms with Crippen molar-refractivity contribution in [2.75, 3.05) is 0 Å². The van der Waals surface area contributed by atoms with E-state index in [1.54, 1.807) is 0 Å². The van der Waals surface area contributed by atoms with E-state index in [0.29, 0.717) is 5.92 Å². The Morgan fingerprint density at radius 1 is 0.957 bits per heavy atom. The van der Waals surface area contributed by atoms with Gasteiger partial charge in [0.1, 0.15) is 0 Å². The zero-order valence-corrected chi connectivity index (χ0v) is 14.6. The van der Waals surface area contributed by atoms with Gasteiger partial charge in [0.2, 0.25) is 0 Å². The highest BCUT2D eigenvalue weighted by atomic mass is 14.7. The summed E-state index contributed by atoms with van der Waals surface area (Å²) in [5.74, 6) is 0.530. The van der Waals surface area contributed by atoms with Crippen LogP contribution in [0, 0.1) is 6.92 Å². The summed E-state index contributed by atoms with van der Waals surface area (Å²) in [7, 11) is 0. The Balaban J connectivity index is 2.19. The molecule has 0 amide bonds. The van der Waals surface area contributed by atoms with Crippen molar-refractivity contribution in [3.8, 4) is 11.3 Å². The second-order valence-electron chi connectivity index (χ2n) is 7.65. The van der Waals surface area contributed by atoms with Crippen LogP contribution >= 0.6 is 0 Å². The van der Waals surface area contributed by atoms with E-state index < -0.39 is 0 Å². The first kappa shape index (κ1) is 14.4. The minimum Gasteiger partial charge on any atom is -0.256 e. The molecule has 0 aliphatic heterocycles. The van der Waals surface area contributed by atoms with E-state index in [1.165, 1.54) is 38.6 Å². The monoisotopic (exact) mass is 301 g/mol. The molecule has 0 saturated carbocycles. The van der Waals surface area contributed by atoms with E-state index in [0.717, 1.165) is 5.69 Å². The van der Waals surface area contributed by atoms with Crippen LogP contribution in [-0.2, 0) is 5.41 Å². The first-order valence-corrected chi connectivity index (χ1v) is 8.44. The Kier molecular flexibility index (Phi) is 2.93. The van der Waals surface area contributed by atoms with Crippen LogP contribution in [0.2, 0.25) is 0 Å². The van der Waals surface area contributed by atoms with Crippen LogP contribution in [0.25, 0.3) is 22.0 Å². The number of benzene rings is 2. The van der Waals surface area contributed by atoms with Crippen molar-refractivity contribution >= 4 is 10.8 Å². The van der Waals surface area contributed by atoms with Gasteiger partial charge in [-0.05, 0) is 47.1 Å². The van der Waals surface area contributed by atoms with Gasteiger partial charge >= 0.3 is 0 Å². The second kappa shape index (κ2) is 4.67. The first-order valence-electron chi connectivity index (χ1n) is 8.44. The van der Waals surface area contributed by atoms with E-state index in [2.05, 4.69) is 71.0 Å². The third-order valence-corrected chi connectivity index (χ3v) is 5.33. The molecule has 0 spiro atoms. The molecule has 4 rings (SSSR count). The maximum absolute atomic E-state index is 4.76. The van der Waals surface area contributed by atoms with Crippen LogP contribution in [0.5, 0.6) is 0 Å². The van der Waals surface area contributed by atoms with Crippen LogP contribution in [0.1, 0.15) is 55.9 Å². The van der Waals surface area contributed by atoms with Crippen LogP contribution < -0.4 is 0 Å². The lowest BCUT2D eigenvalue weighted by Crippen LogP contribution is -2.24. The van der Waals surface area contributed by atoms with Crippen LogP contribution in [-0.4, -0.2) is 4.98 Å². The Bertz CT molecular complexity index is 932. The number of aryl methyl sites for hydroxylation is 1. The smallest absolute Gasteiger partial charge is 0.0786 e. The highest BCUT2D eigenvalue weighted by molar-refractivity contribution is 6.01. The number of rotatable bonds is 1. The van der Waals surface area contributed by atoms with Crippen molar-refractivity contribution in [2.24, 2.45) is 0 Å². The number of hydrogen-bond acceptors (Lipinski definition) is 1. The van der Waals surface area contributed by atoms with Crippen LogP contribution in [0.4, 0.5) is 0 Å². The first-order chi connectivity index (χ1) is 10.9. The zero-order chi connectivity index (χ0) is 16.4. The molecule has 0 saturated heterocycles. The van der Waals surface area contributed by atoms with Gasteiger partial charge in [0.25, 0.3) is 0 Å². The molecule has 0 radical (unpaired) electrons. The summed E-state index contributed by atoms with van der Waals surface area (Å²) in [4.78, 5) is 4.76. The minimum atomic E-state index is 0.00220. The van der Waals surface area contributed by atoms with Gasteiger partial charge in [-0.15, -0.1) is 0 Å². The molecule has 1 aromatic heterocycles. The molecule has 3 aromatic rings. The lowest BCUT2D eigenvalue weighted by Gasteiger charge is -2.35. The van der Waals surface area contributed by atoms with E-state index in [4.69, 9.17) is 4.98 Å². The Labute approximate surface area is 138 Å². The number of aromatic nitrogens is 1. The molecule has 0 fully saturated rings. The van der Waals surface area contributed by atoms with Gasteiger partial charge in [-0.1, -0.05) is 57.5 Å². The molecular weight excluding hydrogens is 278 g/mol. The van der Waals surface area contributed by atoms with Crippen molar-refractivity contribution in [2.45, 2.75) is 46.0 Å². The van der Waals surface area contributed by atoms with Crippen molar-refractivity contribution in [3.63, 3.8) is 0 Å². The van der Waals surface area contributed by atoms with Crippen molar-refractivity contribution < 1.29 is 0 Å². The molecule has 0 unspecified atom stereocenters. The lowest BCUT2D eigenvalue weighted by molar-refractivity contribution is 0.641. The summed E-state index contributed by atoms with van der Waals surface area (Å²) in [6.45, 7) is 11.4. The molecule has 1 aliphatic rings. The highest BCUT2D eigenvalue weighted by Gasteiger charge is 2.34. The van der Waals surface area contributed by atoms with Gasteiger partial charge in [-0.2, -0.15) is 0 Å². The minimum absolute atomic E-state index is 0.00220. The molecule has 1 heteroatoms. The van der Waals surface area contributed by atoms with E-state index >= 15 is 0 Å². The van der Waals surface area contributed by atoms with Crippen LogP contribution in [0.15, 0.2) is 42.6 Å². The van der Waals surface area contributed by atoms with Gasteiger partial charge in [0.05, 0.1) is 5.69 Å². The largest absolute Gasteiger partial charge is 0.256 e. The summed E-state index contributed by atoms with van der Waals surface area (Å²) < 4.78 is 0. The number of nitrogens with zero attached hydrogens (tertiary/aromatic N) is 1. The lowest BCUT2D eigenvalue weighted by atomic mass is 9.69. The van der Waals surface area contributed by atoms with Gasteiger partial charge in [-0.25, -0.2) is 0 Å². The predicted molar refractivity (Wildman–Crippen MR) is 98.1 cm³/mol. The Morgan fingerprint density at radius 3 is 2.48 bits per heavy atom. The van der Waals surface area contributed by atoms with Gasteiger partial charge in [0, 0.05) is 22.6 Å². The second-order valence-corrected chi connectivity index (χ2v) is 7.65. The summed E-state index contributed by atoms with van der Waals surface area (Å²) in [5.41, 5.74) is 7.95. The number of hydrogen-bond donors (Lipinski definition) is 0. The normalized spacial score (nSPS) is 15.0. The van der Waals surface area contributed by atoms with E-state index in [9.17, 15) is 0 Å². The number of fused-ring (bicyclic) bond motifs is 2. The molecular formula is C22H23N. The molecule has 1 nitrogen and oxygen atoms in total. The van der Waals surface area contributed by atoms with Gasteiger partial charge in [0.15, 0.2) is 0 Å². The standard InChI is InChI=1S/C22H23N/c1-13(2)16-11-15-8-9-23-21-17-10-14(3)6-7-18(17)22(4,5)19(12-16)20(15)21/h6-13H,1-5H3. The third kappa shape index (κ3) is 1.96. The maximum Gasteiger partial charge on any atom is 0.0786 e. The summed E-state index contributed by atoms with van der Waals surface area (Å²) >= 11 is 0. The van der Waals surface area contributed by atoms with Gasteiger partial charge < -0.3 is 0 Å². The fourth-order valence-corrected chi connectivity index (χ4v) is 3.91. The van der Waals surface area contributed by atoms with Gasteiger partial charge in [-0.3, -0.25) is 4.98 Å². The quantitative estimate of drug-likeness (QED) is 0.539.